The fraction of sp³-hybridized carbons (Fsp3) is 0.150. The van der Waals surface area contributed by atoms with Crippen molar-refractivity contribution in [2.45, 2.75) is 6.92 Å². The number of carbonyl (C=O) groups is 1. The first-order valence-corrected chi connectivity index (χ1v) is 9.19. The van der Waals surface area contributed by atoms with Crippen LogP contribution in [-0.2, 0) is 0 Å². The second-order valence-corrected chi connectivity index (χ2v) is 6.79. The van der Waals surface area contributed by atoms with Gasteiger partial charge in [0, 0.05) is 16.1 Å². The molecule has 2 aromatic carbocycles. The predicted molar refractivity (Wildman–Crippen MR) is 111 cm³/mol. The van der Waals surface area contributed by atoms with Gasteiger partial charge >= 0.3 is 0 Å². The first-order chi connectivity index (χ1) is 13.5. The van der Waals surface area contributed by atoms with E-state index >= 15 is 0 Å². The summed E-state index contributed by atoms with van der Waals surface area (Å²) < 4.78 is 11.6. The minimum absolute atomic E-state index is 0.292. The second kappa shape index (κ2) is 8.71. The predicted octanol–water partition coefficient (Wildman–Crippen LogP) is 4.01. The lowest BCUT2D eigenvalue weighted by Crippen LogP contribution is -2.19. The Hall–Kier alpha value is -3.13. The molecule has 0 aliphatic carbocycles. The van der Waals surface area contributed by atoms with Crippen LogP contribution in [0.3, 0.4) is 0 Å². The van der Waals surface area contributed by atoms with E-state index in [1.807, 2.05) is 37.3 Å². The number of methoxy groups -OCH3 is 2. The van der Waals surface area contributed by atoms with Crippen LogP contribution in [0.1, 0.15) is 23.0 Å². The number of amides is 1. The van der Waals surface area contributed by atoms with E-state index in [1.54, 1.807) is 32.4 Å². The Bertz CT molecular complexity index is 1010. The molecule has 3 rings (SSSR count). The molecule has 0 atom stereocenters. The molecule has 0 fully saturated rings. The number of hydrogen-bond donors (Lipinski definition) is 2. The zero-order chi connectivity index (χ0) is 20.1. The van der Waals surface area contributed by atoms with Gasteiger partial charge < -0.3 is 9.47 Å². The number of H-pyrrole nitrogens is 1. The van der Waals surface area contributed by atoms with Crippen LogP contribution in [0.5, 0.6) is 11.5 Å². The van der Waals surface area contributed by atoms with Gasteiger partial charge in [0.05, 0.1) is 25.6 Å². The molecule has 0 spiro atoms. The number of aromatic nitrogens is 2. The Morgan fingerprint density at radius 1 is 1.11 bits per heavy atom. The maximum absolute atomic E-state index is 12.4. The van der Waals surface area contributed by atoms with E-state index in [4.69, 9.17) is 9.47 Å². The number of nitrogens with zero attached hydrogens (tertiary/aromatic N) is 2. The maximum atomic E-state index is 12.4. The number of ether oxygens (including phenoxy) is 2. The SMILES string of the molecule is COc1ccc(-c2cc(C(=O)N/N=C(/C)c3ccc(Br)cc3)[nH]n2)c(OC)c1. The smallest absolute Gasteiger partial charge is 0.289 e. The molecule has 0 saturated carbocycles. The minimum atomic E-state index is -0.386. The number of carbonyl (C=O) groups excluding carboxylic acids is 1. The number of rotatable bonds is 6. The quantitative estimate of drug-likeness (QED) is 0.445. The summed E-state index contributed by atoms with van der Waals surface area (Å²) in [6.07, 6.45) is 0. The van der Waals surface area contributed by atoms with Crippen LogP contribution in [0.25, 0.3) is 11.3 Å². The number of nitrogens with one attached hydrogen (secondary N) is 2. The summed E-state index contributed by atoms with van der Waals surface area (Å²) in [6.45, 7) is 1.82. The van der Waals surface area contributed by atoms with Crippen molar-refractivity contribution in [2.75, 3.05) is 14.2 Å². The van der Waals surface area contributed by atoms with E-state index in [-0.39, 0.29) is 5.91 Å². The largest absolute Gasteiger partial charge is 0.497 e. The van der Waals surface area contributed by atoms with Gasteiger partial charge in [-0.05, 0) is 42.8 Å². The number of aromatic amines is 1. The van der Waals surface area contributed by atoms with Crippen LogP contribution in [-0.4, -0.2) is 36.0 Å². The molecule has 8 heteroatoms. The molecule has 0 aliphatic rings. The molecule has 1 aromatic heterocycles. The molecule has 1 heterocycles. The highest BCUT2D eigenvalue weighted by Crippen LogP contribution is 2.32. The zero-order valence-corrected chi connectivity index (χ0v) is 17.2. The summed E-state index contributed by atoms with van der Waals surface area (Å²) in [4.78, 5) is 12.4. The Morgan fingerprint density at radius 2 is 1.86 bits per heavy atom. The third kappa shape index (κ3) is 4.40. The van der Waals surface area contributed by atoms with Gasteiger partial charge in [-0.1, -0.05) is 28.1 Å². The van der Waals surface area contributed by atoms with Crippen molar-refractivity contribution in [1.29, 1.82) is 0 Å². The van der Waals surface area contributed by atoms with Gasteiger partial charge in [-0.15, -0.1) is 0 Å². The molecule has 2 N–H and O–H groups in total. The fourth-order valence-electron chi connectivity index (χ4n) is 2.54. The lowest BCUT2D eigenvalue weighted by Gasteiger charge is -2.08. The average molecular weight is 443 g/mol. The third-order valence-electron chi connectivity index (χ3n) is 4.09. The molecular formula is C20H19BrN4O3. The van der Waals surface area contributed by atoms with Gasteiger partial charge in [0.15, 0.2) is 0 Å². The van der Waals surface area contributed by atoms with E-state index in [1.165, 1.54) is 0 Å². The van der Waals surface area contributed by atoms with Crippen molar-refractivity contribution >= 4 is 27.5 Å². The molecule has 7 nitrogen and oxygen atoms in total. The van der Waals surface area contributed by atoms with Gasteiger partial charge in [-0.3, -0.25) is 9.89 Å². The van der Waals surface area contributed by atoms with Crippen molar-refractivity contribution in [3.63, 3.8) is 0 Å². The number of hydrogen-bond acceptors (Lipinski definition) is 5. The van der Waals surface area contributed by atoms with E-state index in [2.05, 4.69) is 36.7 Å². The Kier molecular flexibility index (Phi) is 6.10. The van der Waals surface area contributed by atoms with Crippen LogP contribution >= 0.6 is 15.9 Å². The molecule has 0 saturated heterocycles. The molecular weight excluding hydrogens is 424 g/mol. The lowest BCUT2D eigenvalue weighted by molar-refractivity contribution is 0.0950. The van der Waals surface area contributed by atoms with E-state index in [0.717, 1.165) is 15.6 Å². The van der Waals surface area contributed by atoms with Gasteiger partial charge in [-0.25, -0.2) is 5.43 Å². The number of halogens is 1. The van der Waals surface area contributed by atoms with Crippen LogP contribution in [0.4, 0.5) is 0 Å². The molecule has 0 unspecified atom stereocenters. The van der Waals surface area contributed by atoms with Crippen LogP contribution in [0.15, 0.2) is 58.1 Å². The van der Waals surface area contributed by atoms with Crippen molar-refractivity contribution in [2.24, 2.45) is 5.10 Å². The van der Waals surface area contributed by atoms with E-state index in [9.17, 15) is 4.79 Å². The highest BCUT2D eigenvalue weighted by Gasteiger charge is 2.14. The van der Waals surface area contributed by atoms with Crippen molar-refractivity contribution in [1.82, 2.24) is 15.6 Å². The van der Waals surface area contributed by atoms with Crippen LogP contribution in [0, 0.1) is 0 Å². The van der Waals surface area contributed by atoms with Gasteiger partial charge in [-0.2, -0.15) is 10.2 Å². The number of benzene rings is 2. The van der Waals surface area contributed by atoms with Gasteiger partial charge in [0.1, 0.15) is 17.2 Å². The Labute approximate surface area is 170 Å². The molecule has 144 valence electrons. The summed E-state index contributed by atoms with van der Waals surface area (Å²) >= 11 is 3.39. The highest BCUT2D eigenvalue weighted by atomic mass is 79.9. The van der Waals surface area contributed by atoms with Crippen molar-refractivity contribution in [3.8, 4) is 22.8 Å². The van der Waals surface area contributed by atoms with Gasteiger partial charge in [0.25, 0.3) is 5.91 Å². The third-order valence-corrected chi connectivity index (χ3v) is 4.62. The first-order valence-electron chi connectivity index (χ1n) is 8.40. The van der Waals surface area contributed by atoms with Crippen molar-refractivity contribution < 1.29 is 14.3 Å². The maximum Gasteiger partial charge on any atom is 0.289 e. The van der Waals surface area contributed by atoms with E-state index < -0.39 is 0 Å². The normalized spacial score (nSPS) is 11.2. The highest BCUT2D eigenvalue weighted by molar-refractivity contribution is 9.10. The molecule has 28 heavy (non-hydrogen) atoms. The average Bonchev–Trinajstić information content (AvgIpc) is 3.21. The molecule has 3 aromatic rings. The molecule has 1 amide bonds. The monoisotopic (exact) mass is 442 g/mol. The molecule has 0 radical (unpaired) electrons. The van der Waals surface area contributed by atoms with Crippen LogP contribution in [0.2, 0.25) is 0 Å². The van der Waals surface area contributed by atoms with Gasteiger partial charge in [0.2, 0.25) is 0 Å². The summed E-state index contributed by atoms with van der Waals surface area (Å²) in [5, 5.41) is 11.1. The lowest BCUT2D eigenvalue weighted by atomic mass is 10.1. The Morgan fingerprint density at radius 3 is 2.54 bits per heavy atom. The summed E-state index contributed by atoms with van der Waals surface area (Å²) in [5.74, 6) is 0.886. The minimum Gasteiger partial charge on any atom is -0.497 e. The zero-order valence-electron chi connectivity index (χ0n) is 15.6. The van der Waals surface area contributed by atoms with Crippen LogP contribution < -0.4 is 14.9 Å². The molecule has 0 bridgehead atoms. The molecule has 0 aliphatic heterocycles. The Balaban J connectivity index is 1.75. The summed E-state index contributed by atoms with van der Waals surface area (Å²) in [6, 6.07) is 14.7. The fourth-order valence-corrected chi connectivity index (χ4v) is 2.80. The summed E-state index contributed by atoms with van der Waals surface area (Å²) in [5.41, 5.74) is 5.76. The summed E-state index contributed by atoms with van der Waals surface area (Å²) in [7, 11) is 3.15. The number of hydrazone groups is 1. The standard InChI is InChI=1S/C20H19BrN4O3/c1-12(13-4-6-14(21)7-5-13)22-25-20(26)18-11-17(23-24-18)16-9-8-15(27-2)10-19(16)28-3/h4-11H,1-3H3,(H,23,24)(H,25,26)/b22-12-. The topological polar surface area (TPSA) is 88.6 Å². The van der Waals surface area contributed by atoms with Crippen molar-refractivity contribution in [3.05, 3.63) is 64.3 Å². The first kappa shape index (κ1) is 19.6. The van der Waals surface area contributed by atoms with E-state index in [0.29, 0.717) is 28.6 Å². The second-order valence-electron chi connectivity index (χ2n) is 5.88.